The first-order valence-corrected chi connectivity index (χ1v) is 9.76. The van der Waals surface area contributed by atoms with Crippen LogP contribution in [0.15, 0.2) is 12.1 Å². The first-order chi connectivity index (χ1) is 13.7. The molecule has 1 aliphatic rings. The van der Waals surface area contributed by atoms with Gasteiger partial charge in [-0.25, -0.2) is 19.2 Å². The minimum absolute atomic E-state index is 0.0233. The van der Waals surface area contributed by atoms with Crippen LogP contribution < -0.4 is 14.5 Å². The lowest BCUT2D eigenvalue weighted by atomic mass is 10.1. The fourth-order valence-electron chi connectivity index (χ4n) is 3.52. The van der Waals surface area contributed by atoms with Crippen LogP contribution in [0.1, 0.15) is 38.2 Å². The van der Waals surface area contributed by atoms with Gasteiger partial charge >= 0.3 is 5.97 Å². The number of aromatic carboxylic acids is 1. The first-order valence-electron chi connectivity index (χ1n) is 9.38. The molecule has 0 spiro atoms. The van der Waals surface area contributed by atoms with E-state index in [4.69, 9.17) is 16.3 Å². The smallest absolute Gasteiger partial charge is 0.356 e. The molecule has 0 fully saturated rings. The standard InChI is InChI=1S/C20H24ClFN4O3/c1-10(2)25-8-9-26(11(3)4)19-16(25)15(20(27)28)23-18(24-19)12-6-7-13(21)17(29-5)14(12)22/h6-7,10-11H,8-9H2,1-5H3,(H,27,28). The van der Waals surface area contributed by atoms with E-state index < -0.39 is 11.8 Å². The minimum Gasteiger partial charge on any atom is -0.492 e. The third kappa shape index (κ3) is 3.69. The van der Waals surface area contributed by atoms with Crippen molar-refractivity contribution >= 4 is 29.1 Å². The van der Waals surface area contributed by atoms with Crippen LogP contribution in [0.3, 0.4) is 0 Å². The molecule has 1 N–H and O–H groups in total. The largest absolute Gasteiger partial charge is 0.492 e. The van der Waals surface area contributed by atoms with Crippen molar-refractivity contribution in [2.75, 3.05) is 30.0 Å². The molecule has 0 amide bonds. The number of methoxy groups -OCH3 is 1. The van der Waals surface area contributed by atoms with E-state index in [-0.39, 0.29) is 39.9 Å². The summed E-state index contributed by atoms with van der Waals surface area (Å²) in [5.41, 5.74) is 0.330. The summed E-state index contributed by atoms with van der Waals surface area (Å²) >= 11 is 5.99. The second kappa shape index (κ2) is 8.02. The van der Waals surface area contributed by atoms with Gasteiger partial charge in [0.05, 0.1) is 17.7 Å². The van der Waals surface area contributed by atoms with E-state index in [0.29, 0.717) is 24.6 Å². The Morgan fingerprint density at radius 1 is 1.17 bits per heavy atom. The molecule has 1 aliphatic heterocycles. The minimum atomic E-state index is -1.19. The van der Waals surface area contributed by atoms with Crippen LogP contribution in [-0.2, 0) is 0 Å². The summed E-state index contributed by atoms with van der Waals surface area (Å²) in [5.74, 6) is -1.60. The number of carboxylic acid groups (broad SMARTS) is 1. The Balaban J connectivity index is 2.32. The van der Waals surface area contributed by atoms with Crippen molar-refractivity contribution in [3.63, 3.8) is 0 Å². The molecule has 0 bridgehead atoms. The highest BCUT2D eigenvalue weighted by Crippen LogP contribution is 2.40. The van der Waals surface area contributed by atoms with Gasteiger partial charge in [0.25, 0.3) is 0 Å². The van der Waals surface area contributed by atoms with Crippen LogP contribution in [0, 0.1) is 5.82 Å². The van der Waals surface area contributed by atoms with Crippen molar-refractivity contribution in [3.05, 3.63) is 28.7 Å². The van der Waals surface area contributed by atoms with Gasteiger partial charge < -0.3 is 19.6 Å². The van der Waals surface area contributed by atoms with Gasteiger partial charge in [-0.05, 0) is 39.8 Å². The summed E-state index contributed by atoms with van der Waals surface area (Å²) in [6.45, 7) is 9.29. The third-order valence-corrected chi connectivity index (χ3v) is 5.25. The molecular weight excluding hydrogens is 399 g/mol. The molecule has 1 aromatic heterocycles. The summed E-state index contributed by atoms with van der Waals surface area (Å²) < 4.78 is 20.0. The molecule has 29 heavy (non-hydrogen) atoms. The first kappa shape index (κ1) is 21.1. The van der Waals surface area contributed by atoms with Gasteiger partial charge in [-0.15, -0.1) is 0 Å². The average Bonchev–Trinajstić information content (AvgIpc) is 2.66. The van der Waals surface area contributed by atoms with E-state index in [9.17, 15) is 14.3 Å². The SMILES string of the molecule is COc1c(Cl)ccc(-c2nc(C(=O)O)c3c(n2)N(C(C)C)CCN3C(C)C)c1F. The summed E-state index contributed by atoms with van der Waals surface area (Å²) in [6, 6.07) is 3.04. The number of benzene rings is 1. The summed E-state index contributed by atoms with van der Waals surface area (Å²) in [5, 5.41) is 9.99. The lowest BCUT2D eigenvalue weighted by molar-refractivity contribution is 0.0691. The van der Waals surface area contributed by atoms with E-state index in [1.54, 1.807) is 0 Å². The second-order valence-electron chi connectivity index (χ2n) is 7.39. The molecular formula is C20H24ClFN4O3. The quantitative estimate of drug-likeness (QED) is 0.777. The molecule has 0 aliphatic carbocycles. The van der Waals surface area contributed by atoms with Crippen molar-refractivity contribution < 1.29 is 19.0 Å². The molecule has 2 aromatic rings. The highest BCUT2D eigenvalue weighted by Gasteiger charge is 2.34. The number of carboxylic acids is 1. The van der Waals surface area contributed by atoms with Crippen LogP contribution >= 0.6 is 11.6 Å². The van der Waals surface area contributed by atoms with Gasteiger partial charge in [0.2, 0.25) is 0 Å². The second-order valence-corrected chi connectivity index (χ2v) is 7.80. The third-order valence-electron chi connectivity index (χ3n) is 4.95. The normalized spacial score (nSPS) is 13.8. The highest BCUT2D eigenvalue weighted by molar-refractivity contribution is 6.32. The molecule has 0 unspecified atom stereocenters. The van der Waals surface area contributed by atoms with Crippen molar-refractivity contribution in [2.45, 2.75) is 39.8 Å². The van der Waals surface area contributed by atoms with Crippen molar-refractivity contribution in [3.8, 4) is 17.1 Å². The fraction of sp³-hybridized carbons (Fsp3) is 0.450. The van der Waals surface area contributed by atoms with Crippen LogP contribution in [0.2, 0.25) is 5.02 Å². The summed E-state index contributed by atoms with van der Waals surface area (Å²) in [7, 11) is 1.31. The predicted octanol–water partition coefficient (Wildman–Crippen LogP) is 4.09. The van der Waals surface area contributed by atoms with Gasteiger partial charge in [0.15, 0.2) is 28.9 Å². The van der Waals surface area contributed by atoms with Crippen molar-refractivity contribution in [1.82, 2.24) is 9.97 Å². The topological polar surface area (TPSA) is 78.8 Å². The molecule has 1 aromatic carbocycles. The van der Waals surface area contributed by atoms with Crippen LogP contribution in [0.25, 0.3) is 11.4 Å². The van der Waals surface area contributed by atoms with Gasteiger partial charge in [0.1, 0.15) is 5.69 Å². The Labute approximate surface area is 174 Å². The number of hydrogen-bond donors (Lipinski definition) is 1. The lowest BCUT2D eigenvalue weighted by Crippen LogP contribution is -2.48. The lowest BCUT2D eigenvalue weighted by Gasteiger charge is -2.42. The summed E-state index contributed by atoms with van der Waals surface area (Å²) in [4.78, 5) is 24.9. The maximum atomic E-state index is 15.0. The number of carbonyl (C=O) groups is 1. The summed E-state index contributed by atoms with van der Waals surface area (Å²) in [6.07, 6.45) is 0. The molecule has 3 rings (SSSR count). The molecule has 0 atom stereocenters. The number of ether oxygens (including phenoxy) is 1. The zero-order chi connectivity index (χ0) is 21.5. The number of fused-ring (bicyclic) bond motifs is 1. The van der Waals surface area contributed by atoms with Gasteiger partial charge in [0, 0.05) is 25.2 Å². The molecule has 7 nitrogen and oxygen atoms in total. The Morgan fingerprint density at radius 2 is 1.79 bits per heavy atom. The van der Waals surface area contributed by atoms with E-state index in [2.05, 4.69) is 9.97 Å². The van der Waals surface area contributed by atoms with E-state index >= 15 is 0 Å². The number of halogens is 2. The van der Waals surface area contributed by atoms with Crippen LogP contribution in [0.5, 0.6) is 5.75 Å². The molecule has 0 radical (unpaired) electrons. The number of rotatable bonds is 5. The zero-order valence-electron chi connectivity index (χ0n) is 17.0. The highest BCUT2D eigenvalue weighted by atomic mass is 35.5. The Kier molecular flexibility index (Phi) is 5.84. The predicted molar refractivity (Wildman–Crippen MR) is 111 cm³/mol. The average molecular weight is 423 g/mol. The number of anilines is 2. The zero-order valence-corrected chi connectivity index (χ0v) is 17.8. The molecule has 0 saturated heterocycles. The Morgan fingerprint density at radius 3 is 2.34 bits per heavy atom. The monoisotopic (exact) mass is 422 g/mol. The number of nitrogens with zero attached hydrogens (tertiary/aromatic N) is 4. The molecule has 2 heterocycles. The van der Waals surface area contributed by atoms with E-state index in [1.807, 2.05) is 37.5 Å². The molecule has 9 heteroatoms. The maximum absolute atomic E-state index is 15.0. The van der Waals surface area contributed by atoms with Gasteiger partial charge in [-0.1, -0.05) is 11.6 Å². The van der Waals surface area contributed by atoms with Gasteiger partial charge in [-0.2, -0.15) is 0 Å². The number of aromatic nitrogens is 2. The molecule has 0 saturated carbocycles. The molecule has 156 valence electrons. The van der Waals surface area contributed by atoms with E-state index in [0.717, 1.165) is 0 Å². The Hall–Kier alpha value is -2.61. The number of hydrogen-bond acceptors (Lipinski definition) is 6. The van der Waals surface area contributed by atoms with E-state index in [1.165, 1.54) is 19.2 Å². The maximum Gasteiger partial charge on any atom is 0.356 e. The van der Waals surface area contributed by atoms with Crippen molar-refractivity contribution in [2.24, 2.45) is 0 Å². The Bertz CT molecular complexity index is 952. The fourth-order valence-corrected chi connectivity index (χ4v) is 3.75. The van der Waals surface area contributed by atoms with Crippen LogP contribution in [0.4, 0.5) is 15.9 Å². The van der Waals surface area contributed by atoms with Crippen LogP contribution in [-0.4, -0.2) is 53.3 Å². The van der Waals surface area contributed by atoms with Gasteiger partial charge in [-0.3, -0.25) is 0 Å². The van der Waals surface area contributed by atoms with Crippen molar-refractivity contribution in [1.29, 1.82) is 0 Å².